The molecule has 0 aliphatic heterocycles. The van der Waals surface area contributed by atoms with Crippen LogP contribution in [0.2, 0.25) is 0 Å². The lowest BCUT2D eigenvalue weighted by atomic mass is 10.2. The van der Waals surface area contributed by atoms with Crippen LogP contribution in [0.15, 0.2) is 35.7 Å². The fourth-order valence-electron chi connectivity index (χ4n) is 2.88. The van der Waals surface area contributed by atoms with E-state index in [9.17, 15) is 14.0 Å². The number of halogens is 1. The summed E-state index contributed by atoms with van der Waals surface area (Å²) < 4.78 is 13.2. The maximum absolute atomic E-state index is 13.2. The molecule has 0 fully saturated rings. The monoisotopic (exact) mass is 486 g/mol. The van der Waals surface area contributed by atoms with Crippen molar-refractivity contribution < 1.29 is 14.0 Å². The van der Waals surface area contributed by atoms with Crippen LogP contribution in [0, 0.1) is 5.82 Å². The number of carbonyl (C=O) groups excluding carboxylic acids is 2. The number of anilines is 3. The van der Waals surface area contributed by atoms with Crippen molar-refractivity contribution in [2.75, 3.05) is 50.4 Å². The average Bonchev–Trinajstić information content (AvgIpc) is 3.23. The Morgan fingerprint density at radius 1 is 1.03 bits per heavy atom. The van der Waals surface area contributed by atoms with Crippen molar-refractivity contribution in [2.45, 2.75) is 13.1 Å². The molecule has 0 saturated carbocycles. The molecule has 2 N–H and O–H groups in total. The lowest BCUT2D eigenvalue weighted by Crippen LogP contribution is -2.29. The third-order valence-corrected chi connectivity index (χ3v) is 5.44. The van der Waals surface area contributed by atoms with Gasteiger partial charge in [0.15, 0.2) is 5.13 Å². The summed E-state index contributed by atoms with van der Waals surface area (Å²) in [6, 6.07) is 7.19. The molecule has 0 saturated heterocycles. The molecular formula is C22H27FN8O2S. The number of amides is 3. The van der Waals surface area contributed by atoms with Crippen molar-refractivity contribution in [3.05, 3.63) is 58.5 Å². The second kappa shape index (κ2) is 10.9. The number of nitrogens with one attached hydrogen (secondary N) is 2. The van der Waals surface area contributed by atoms with Gasteiger partial charge in [-0.25, -0.2) is 19.2 Å². The molecule has 0 spiro atoms. The number of benzene rings is 1. The first kappa shape index (κ1) is 24.8. The Morgan fingerprint density at radius 3 is 2.47 bits per heavy atom. The van der Waals surface area contributed by atoms with Crippen LogP contribution in [0.3, 0.4) is 0 Å². The van der Waals surface area contributed by atoms with E-state index in [4.69, 9.17) is 0 Å². The van der Waals surface area contributed by atoms with Crippen molar-refractivity contribution in [3.63, 3.8) is 0 Å². The Kier molecular flexibility index (Phi) is 7.95. The number of thiazole rings is 1. The topological polar surface area (TPSA) is 107 Å². The summed E-state index contributed by atoms with van der Waals surface area (Å²) in [6.07, 6.45) is 0. The molecule has 0 radical (unpaired) electrons. The van der Waals surface area contributed by atoms with Crippen LogP contribution in [0.4, 0.5) is 26.1 Å². The predicted molar refractivity (Wildman–Crippen MR) is 131 cm³/mol. The first-order valence-corrected chi connectivity index (χ1v) is 11.2. The van der Waals surface area contributed by atoms with E-state index in [2.05, 4.69) is 25.6 Å². The van der Waals surface area contributed by atoms with Crippen LogP contribution in [0.25, 0.3) is 0 Å². The second-order valence-corrected chi connectivity index (χ2v) is 8.80. The number of aromatic nitrogens is 3. The van der Waals surface area contributed by atoms with Crippen LogP contribution in [-0.2, 0) is 13.1 Å². The first-order chi connectivity index (χ1) is 16.1. The van der Waals surface area contributed by atoms with Gasteiger partial charge in [0.25, 0.3) is 5.91 Å². The largest absolute Gasteiger partial charge is 0.363 e. The zero-order valence-corrected chi connectivity index (χ0v) is 20.5. The highest BCUT2D eigenvalue weighted by Crippen LogP contribution is 2.19. The number of urea groups is 1. The molecule has 3 amide bonds. The summed E-state index contributed by atoms with van der Waals surface area (Å²) in [5.74, 6) is 0.428. The van der Waals surface area contributed by atoms with E-state index in [1.54, 1.807) is 35.5 Å². The molecule has 180 valence electrons. The summed E-state index contributed by atoms with van der Waals surface area (Å²) in [4.78, 5) is 43.3. The SMILES string of the molecule is CN(Cc1csc(NC(=O)NCc2cccc(F)c2)n1)C(=O)c1cc(N(C)C)nc(N(C)C)n1. The highest BCUT2D eigenvalue weighted by Gasteiger charge is 2.19. The van der Waals surface area contributed by atoms with Crippen LogP contribution in [-0.4, -0.2) is 67.0 Å². The van der Waals surface area contributed by atoms with Crippen molar-refractivity contribution in [1.82, 2.24) is 25.2 Å². The molecule has 0 atom stereocenters. The molecule has 10 nitrogen and oxygen atoms in total. The van der Waals surface area contributed by atoms with Gasteiger partial charge >= 0.3 is 6.03 Å². The maximum Gasteiger partial charge on any atom is 0.321 e. The van der Waals surface area contributed by atoms with Crippen molar-refractivity contribution in [3.8, 4) is 0 Å². The van der Waals surface area contributed by atoms with E-state index in [0.717, 1.165) is 0 Å². The minimum atomic E-state index is -0.456. The lowest BCUT2D eigenvalue weighted by molar-refractivity contribution is 0.0777. The van der Waals surface area contributed by atoms with Gasteiger partial charge in [0.1, 0.15) is 17.3 Å². The summed E-state index contributed by atoms with van der Waals surface area (Å²) in [6.45, 7) is 0.419. The van der Waals surface area contributed by atoms with Gasteiger partial charge in [0, 0.05) is 53.2 Å². The van der Waals surface area contributed by atoms with Crippen LogP contribution >= 0.6 is 11.3 Å². The zero-order chi connectivity index (χ0) is 24.8. The fraction of sp³-hybridized carbons (Fsp3) is 0.318. The van der Waals surface area contributed by atoms with Gasteiger partial charge in [0.05, 0.1) is 12.2 Å². The molecule has 0 aliphatic carbocycles. The normalized spacial score (nSPS) is 10.5. The number of carbonyl (C=O) groups is 2. The molecule has 12 heteroatoms. The third kappa shape index (κ3) is 6.61. The van der Waals surface area contributed by atoms with Crippen LogP contribution in [0.5, 0.6) is 0 Å². The minimum Gasteiger partial charge on any atom is -0.363 e. The predicted octanol–water partition coefficient (Wildman–Crippen LogP) is 2.80. The van der Waals surface area contributed by atoms with E-state index in [1.807, 2.05) is 33.1 Å². The maximum atomic E-state index is 13.2. The van der Waals surface area contributed by atoms with E-state index in [1.165, 1.54) is 28.4 Å². The molecule has 2 aromatic heterocycles. The summed E-state index contributed by atoms with van der Waals surface area (Å²) in [7, 11) is 8.97. The molecule has 0 aliphatic rings. The highest BCUT2D eigenvalue weighted by atomic mass is 32.1. The van der Waals surface area contributed by atoms with Crippen LogP contribution in [0.1, 0.15) is 21.7 Å². The lowest BCUT2D eigenvalue weighted by Gasteiger charge is -2.20. The van der Waals surface area contributed by atoms with E-state index >= 15 is 0 Å². The molecule has 0 bridgehead atoms. The molecule has 1 aromatic carbocycles. The number of hydrogen-bond donors (Lipinski definition) is 2. The zero-order valence-electron chi connectivity index (χ0n) is 19.7. The minimum absolute atomic E-state index is 0.182. The van der Waals surface area contributed by atoms with E-state index in [0.29, 0.717) is 28.2 Å². The van der Waals surface area contributed by atoms with Gasteiger partial charge in [-0.1, -0.05) is 12.1 Å². The van der Waals surface area contributed by atoms with Gasteiger partial charge in [-0.05, 0) is 17.7 Å². The van der Waals surface area contributed by atoms with Crippen LogP contribution < -0.4 is 20.4 Å². The smallest absolute Gasteiger partial charge is 0.321 e. The second-order valence-electron chi connectivity index (χ2n) is 7.94. The number of hydrogen-bond acceptors (Lipinski definition) is 8. The van der Waals surface area contributed by atoms with Crippen molar-refractivity contribution in [1.29, 1.82) is 0 Å². The van der Waals surface area contributed by atoms with E-state index in [-0.39, 0.29) is 30.5 Å². The number of nitrogens with zero attached hydrogens (tertiary/aromatic N) is 6. The Balaban J connectivity index is 1.60. The Hall–Kier alpha value is -3.80. The summed E-state index contributed by atoms with van der Waals surface area (Å²) in [5.41, 5.74) is 1.54. The quantitative estimate of drug-likeness (QED) is 0.504. The Bertz CT molecular complexity index is 1140. The highest BCUT2D eigenvalue weighted by molar-refractivity contribution is 7.13. The third-order valence-electron chi connectivity index (χ3n) is 4.64. The first-order valence-electron chi connectivity index (χ1n) is 10.3. The van der Waals surface area contributed by atoms with Crippen molar-refractivity contribution in [2.24, 2.45) is 0 Å². The van der Waals surface area contributed by atoms with Gasteiger partial charge in [-0.2, -0.15) is 4.98 Å². The number of rotatable bonds is 8. The molecule has 0 unspecified atom stereocenters. The van der Waals surface area contributed by atoms with Gasteiger partial charge in [0.2, 0.25) is 5.95 Å². The molecule has 3 aromatic rings. The Morgan fingerprint density at radius 2 is 1.79 bits per heavy atom. The van der Waals surface area contributed by atoms with Crippen molar-refractivity contribution >= 4 is 40.2 Å². The Labute approximate surface area is 201 Å². The summed E-state index contributed by atoms with van der Waals surface area (Å²) in [5, 5.41) is 7.46. The van der Waals surface area contributed by atoms with E-state index < -0.39 is 6.03 Å². The van der Waals surface area contributed by atoms with Gasteiger partial charge in [-0.3, -0.25) is 10.1 Å². The molecule has 34 heavy (non-hydrogen) atoms. The summed E-state index contributed by atoms with van der Waals surface area (Å²) >= 11 is 1.24. The molecular weight excluding hydrogens is 459 g/mol. The average molecular weight is 487 g/mol. The standard InChI is InChI=1S/C22H27FN8O2S/c1-29(2)18-10-17(26-20(27-18)30(3)4)19(32)31(5)12-16-13-34-22(25-16)28-21(33)24-11-14-7-6-8-15(23)9-14/h6-10,13H,11-12H2,1-5H3,(H2,24,25,28,33). The fourth-order valence-corrected chi connectivity index (χ4v) is 3.58. The molecule has 2 heterocycles. The van der Waals surface area contributed by atoms with Gasteiger partial charge < -0.3 is 20.0 Å². The van der Waals surface area contributed by atoms with Gasteiger partial charge in [-0.15, -0.1) is 11.3 Å². The molecule has 3 rings (SSSR count).